The molecule has 0 bridgehead atoms. The van der Waals surface area contributed by atoms with Crippen LogP contribution in [-0.4, -0.2) is 31.6 Å². The Hall–Kier alpha value is -0.820. The summed E-state index contributed by atoms with van der Waals surface area (Å²) in [6.07, 6.45) is 5.16. The van der Waals surface area contributed by atoms with E-state index >= 15 is 0 Å². The maximum Gasteiger partial charge on any atom is 0.0574 e. The predicted octanol–water partition coefficient (Wildman–Crippen LogP) is 2.10. The standard InChI is InChI=1S/C13H17BrN2/c1-3-8-15-9-10-16(2)11-12-6-4-5-7-13(12)14/h1,4-7,15H,8-11H2,2H3. The molecule has 0 radical (unpaired) electrons. The summed E-state index contributed by atoms with van der Waals surface area (Å²) in [5.41, 5.74) is 1.31. The molecule has 1 aromatic carbocycles. The van der Waals surface area contributed by atoms with Crippen molar-refractivity contribution in [2.45, 2.75) is 6.54 Å². The third-order valence-corrected chi connectivity index (χ3v) is 3.07. The van der Waals surface area contributed by atoms with Gasteiger partial charge in [0.15, 0.2) is 0 Å². The number of hydrogen-bond donors (Lipinski definition) is 1. The van der Waals surface area contributed by atoms with E-state index in [0.717, 1.165) is 19.6 Å². The zero-order chi connectivity index (χ0) is 11.8. The second-order valence-corrected chi connectivity index (χ2v) is 4.56. The van der Waals surface area contributed by atoms with E-state index in [1.165, 1.54) is 10.0 Å². The molecule has 16 heavy (non-hydrogen) atoms. The first-order chi connectivity index (χ1) is 7.74. The highest BCUT2D eigenvalue weighted by molar-refractivity contribution is 9.10. The Morgan fingerprint density at radius 2 is 2.19 bits per heavy atom. The van der Waals surface area contributed by atoms with Crippen molar-refractivity contribution in [3.05, 3.63) is 34.3 Å². The van der Waals surface area contributed by atoms with Crippen LogP contribution in [0.4, 0.5) is 0 Å². The number of rotatable bonds is 6. The lowest BCUT2D eigenvalue weighted by Crippen LogP contribution is -2.29. The van der Waals surface area contributed by atoms with Gasteiger partial charge in [0.1, 0.15) is 0 Å². The highest BCUT2D eigenvalue weighted by atomic mass is 79.9. The fraction of sp³-hybridized carbons (Fsp3) is 0.385. The van der Waals surface area contributed by atoms with Gasteiger partial charge in [-0.15, -0.1) is 6.42 Å². The molecule has 0 unspecified atom stereocenters. The number of nitrogens with zero attached hydrogens (tertiary/aromatic N) is 1. The smallest absolute Gasteiger partial charge is 0.0574 e. The highest BCUT2D eigenvalue weighted by Crippen LogP contribution is 2.16. The molecular weight excluding hydrogens is 264 g/mol. The minimum atomic E-state index is 0.642. The molecule has 1 rings (SSSR count). The number of likely N-dealkylation sites (N-methyl/N-ethyl adjacent to an activating group) is 1. The Bertz CT molecular complexity index is 357. The summed E-state index contributed by atoms with van der Waals surface area (Å²) in [5.74, 6) is 2.56. The average Bonchev–Trinajstić information content (AvgIpc) is 2.28. The first-order valence-electron chi connectivity index (χ1n) is 5.30. The van der Waals surface area contributed by atoms with Crippen LogP contribution in [0.2, 0.25) is 0 Å². The van der Waals surface area contributed by atoms with Gasteiger partial charge in [-0.2, -0.15) is 0 Å². The largest absolute Gasteiger partial charge is 0.305 e. The Kier molecular flexibility index (Phi) is 6.17. The third-order valence-electron chi connectivity index (χ3n) is 2.30. The van der Waals surface area contributed by atoms with Gasteiger partial charge >= 0.3 is 0 Å². The van der Waals surface area contributed by atoms with Gasteiger partial charge in [0.25, 0.3) is 0 Å². The molecule has 0 aliphatic heterocycles. The lowest BCUT2D eigenvalue weighted by Gasteiger charge is -2.17. The van der Waals surface area contributed by atoms with Crippen LogP contribution in [0.1, 0.15) is 5.56 Å². The van der Waals surface area contributed by atoms with Crippen LogP contribution >= 0.6 is 15.9 Å². The van der Waals surface area contributed by atoms with E-state index in [4.69, 9.17) is 6.42 Å². The molecule has 86 valence electrons. The Morgan fingerprint density at radius 1 is 1.44 bits per heavy atom. The molecule has 0 fully saturated rings. The zero-order valence-corrected chi connectivity index (χ0v) is 11.1. The van der Waals surface area contributed by atoms with Gasteiger partial charge in [0.2, 0.25) is 0 Å². The summed E-state index contributed by atoms with van der Waals surface area (Å²) < 4.78 is 1.17. The number of halogens is 1. The monoisotopic (exact) mass is 280 g/mol. The quantitative estimate of drug-likeness (QED) is 0.634. The first kappa shape index (κ1) is 13.2. The van der Waals surface area contributed by atoms with Gasteiger partial charge in [0, 0.05) is 24.1 Å². The van der Waals surface area contributed by atoms with Crippen molar-refractivity contribution in [3.63, 3.8) is 0 Å². The molecule has 0 heterocycles. The number of benzene rings is 1. The molecule has 0 amide bonds. The van der Waals surface area contributed by atoms with Crippen LogP contribution in [0.25, 0.3) is 0 Å². The Morgan fingerprint density at radius 3 is 2.88 bits per heavy atom. The lowest BCUT2D eigenvalue weighted by molar-refractivity contribution is 0.326. The van der Waals surface area contributed by atoms with Crippen LogP contribution in [0.3, 0.4) is 0 Å². The van der Waals surface area contributed by atoms with Crippen molar-refractivity contribution in [1.82, 2.24) is 10.2 Å². The summed E-state index contributed by atoms with van der Waals surface area (Å²) in [6.45, 7) is 3.50. The van der Waals surface area contributed by atoms with Crippen molar-refractivity contribution >= 4 is 15.9 Å². The van der Waals surface area contributed by atoms with Gasteiger partial charge in [-0.25, -0.2) is 0 Å². The van der Waals surface area contributed by atoms with Crippen LogP contribution in [0.15, 0.2) is 28.7 Å². The highest BCUT2D eigenvalue weighted by Gasteiger charge is 2.02. The predicted molar refractivity (Wildman–Crippen MR) is 72.2 cm³/mol. The fourth-order valence-corrected chi connectivity index (χ4v) is 1.84. The fourth-order valence-electron chi connectivity index (χ4n) is 1.43. The summed E-state index contributed by atoms with van der Waals surface area (Å²) in [4.78, 5) is 2.27. The van der Waals surface area contributed by atoms with Crippen LogP contribution < -0.4 is 5.32 Å². The van der Waals surface area contributed by atoms with Crippen molar-refractivity contribution < 1.29 is 0 Å². The second kappa shape index (κ2) is 7.45. The number of terminal acetylenes is 1. The molecule has 0 aliphatic carbocycles. The second-order valence-electron chi connectivity index (χ2n) is 3.71. The minimum absolute atomic E-state index is 0.642. The summed E-state index contributed by atoms with van der Waals surface area (Å²) in [5, 5.41) is 3.18. The maximum atomic E-state index is 5.16. The summed E-state index contributed by atoms with van der Waals surface area (Å²) in [6, 6.07) is 8.29. The van der Waals surface area contributed by atoms with Gasteiger partial charge < -0.3 is 10.2 Å². The molecule has 0 atom stereocenters. The third kappa shape index (κ3) is 4.80. The molecular formula is C13H17BrN2. The van der Waals surface area contributed by atoms with E-state index < -0.39 is 0 Å². The molecule has 0 saturated carbocycles. The summed E-state index contributed by atoms with van der Waals surface area (Å²) in [7, 11) is 2.11. The lowest BCUT2D eigenvalue weighted by atomic mass is 10.2. The number of hydrogen-bond acceptors (Lipinski definition) is 2. The van der Waals surface area contributed by atoms with E-state index in [-0.39, 0.29) is 0 Å². The van der Waals surface area contributed by atoms with Crippen molar-refractivity contribution in [3.8, 4) is 12.3 Å². The van der Waals surface area contributed by atoms with Crippen LogP contribution in [0, 0.1) is 12.3 Å². The molecule has 0 aromatic heterocycles. The van der Waals surface area contributed by atoms with Crippen molar-refractivity contribution in [2.75, 3.05) is 26.7 Å². The molecule has 1 aromatic rings. The molecule has 3 heteroatoms. The van der Waals surface area contributed by atoms with Crippen LogP contribution in [0.5, 0.6) is 0 Å². The van der Waals surface area contributed by atoms with Crippen molar-refractivity contribution in [1.29, 1.82) is 0 Å². The van der Waals surface area contributed by atoms with E-state index in [9.17, 15) is 0 Å². The van der Waals surface area contributed by atoms with E-state index in [2.05, 4.69) is 57.3 Å². The minimum Gasteiger partial charge on any atom is -0.305 e. The van der Waals surface area contributed by atoms with Gasteiger partial charge in [-0.05, 0) is 18.7 Å². The Balaban J connectivity index is 2.32. The average molecular weight is 281 g/mol. The topological polar surface area (TPSA) is 15.3 Å². The SMILES string of the molecule is C#CCNCCN(C)Cc1ccccc1Br. The van der Waals surface area contributed by atoms with Gasteiger partial charge in [0.05, 0.1) is 6.54 Å². The van der Waals surface area contributed by atoms with Crippen molar-refractivity contribution in [2.24, 2.45) is 0 Å². The molecule has 0 spiro atoms. The van der Waals surface area contributed by atoms with Crippen LogP contribution in [-0.2, 0) is 6.54 Å². The maximum absolute atomic E-state index is 5.16. The van der Waals surface area contributed by atoms with E-state index in [1.54, 1.807) is 0 Å². The van der Waals surface area contributed by atoms with Gasteiger partial charge in [-0.1, -0.05) is 40.0 Å². The zero-order valence-electron chi connectivity index (χ0n) is 9.54. The molecule has 0 aliphatic rings. The molecule has 2 nitrogen and oxygen atoms in total. The van der Waals surface area contributed by atoms with E-state index in [0.29, 0.717) is 6.54 Å². The van der Waals surface area contributed by atoms with E-state index in [1.807, 2.05) is 6.07 Å². The first-order valence-corrected chi connectivity index (χ1v) is 6.09. The normalized spacial score (nSPS) is 10.4. The Labute approximate surface area is 106 Å². The molecule has 0 saturated heterocycles. The molecule has 1 N–H and O–H groups in total. The van der Waals surface area contributed by atoms with Gasteiger partial charge in [-0.3, -0.25) is 0 Å². The summed E-state index contributed by atoms with van der Waals surface area (Å²) >= 11 is 3.55. The number of nitrogens with one attached hydrogen (secondary N) is 1.